The van der Waals surface area contributed by atoms with Crippen molar-refractivity contribution in [3.05, 3.63) is 34.3 Å². The first-order chi connectivity index (χ1) is 8.20. The molecule has 2 N–H and O–H groups in total. The van der Waals surface area contributed by atoms with Gasteiger partial charge in [-0.25, -0.2) is 4.98 Å². The zero-order valence-electron chi connectivity index (χ0n) is 10.3. The summed E-state index contributed by atoms with van der Waals surface area (Å²) in [6, 6.07) is 0.461. The molecular weight excluding hydrogens is 214 g/mol. The van der Waals surface area contributed by atoms with Crippen LogP contribution in [0.3, 0.4) is 0 Å². The highest BCUT2D eigenvalue weighted by molar-refractivity contribution is 5.31. The third kappa shape index (κ3) is 2.75. The van der Waals surface area contributed by atoms with Gasteiger partial charge in [0.15, 0.2) is 0 Å². The van der Waals surface area contributed by atoms with E-state index in [1.54, 1.807) is 6.08 Å². The summed E-state index contributed by atoms with van der Waals surface area (Å²) in [6.45, 7) is 5.52. The molecule has 0 bridgehead atoms. The van der Waals surface area contributed by atoms with Crippen LogP contribution >= 0.6 is 0 Å². The molecule has 0 amide bonds. The van der Waals surface area contributed by atoms with Crippen molar-refractivity contribution in [1.82, 2.24) is 9.97 Å². The first kappa shape index (κ1) is 11.9. The fourth-order valence-corrected chi connectivity index (χ4v) is 2.33. The number of hydrogen-bond donors (Lipinski definition) is 2. The lowest BCUT2D eigenvalue weighted by Gasteiger charge is -2.13. The quantitative estimate of drug-likeness (QED) is 0.783. The Morgan fingerprint density at radius 3 is 2.82 bits per heavy atom. The Bertz CT molecular complexity index is 458. The summed E-state index contributed by atoms with van der Waals surface area (Å²) >= 11 is 0. The van der Waals surface area contributed by atoms with Crippen LogP contribution in [0.1, 0.15) is 36.9 Å². The van der Waals surface area contributed by atoms with Crippen LogP contribution in [0.5, 0.6) is 0 Å². The van der Waals surface area contributed by atoms with Gasteiger partial charge in [0, 0.05) is 11.6 Å². The molecule has 4 heteroatoms. The Kier molecular flexibility index (Phi) is 3.61. The maximum Gasteiger partial charge on any atom is 0.256 e. The van der Waals surface area contributed by atoms with E-state index in [9.17, 15) is 4.79 Å². The summed E-state index contributed by atoms with van der Waals surface area (Å²) in [5, 5.41) is 3.30. The van der Waals surface area contributed by atoms with Gasteiger partial charge < -0.3 is 5.32 Å². The van der Waals surface area contributed by atoms with Crippen molar-refractivity contribution < 1.29 is 0 Å². The van der Waals surface area contributed by atoms with Crippen LogP contribution in [0.4, 0.5) is 5.95 Å². The molecule has 0 radical (unpaired) electrons. The number of aromatic amines is 1. The molecule has 1 fully saturated rings. The maximum atomic E-state index is 11.8. The topological polar surface area (TPSA) is 57.8 Å². The van der Waals surface area contributed by atoms with Crippen molar-refractivity contribution in [1.29, 1.82) is 0 Å². The molecule has 0 unspecified atom stereocenters. The van der Waals surface area contributed by atoms with Crippen LogP contribution in [0.25, 0.3) is 0 Å². The van der Waals surface area contributed by atoms with Crippen LogP contribution in [0, 0.1) is 6.92 Å². The summed E-state index contributed by atoms with van der Waals surface area (Å²) in [5.41, 5.74) is 1.43. The van der Waals surface area contributed by atoms with Gasteiger partial charge in [0.25, 0.3) is 5.56 Å². The molecule has 92 valence electrons. The Morgan fingerprint density at radius 1 is 1.53 bits per heavy atom. The van der Waals surface area contributed by atoms with Gasteiger partial charge in [-0.2, -0.15) is 0 Å². The van der Waals surface area contributed by atoms with E-state index < -0.39 is 0 Å². The van der Waals surface area contributed by atoms with Crippen LogP contribution in [0.15, 0.2) is 17.4 Å². The number of anilines is 1. The molecule has 1 aliphatic rings. The molecule has 0 spiro atoms. The van der Waals surface area contributed by atoms with Crippen LogP contribution in [-0.2, 0) is 6.42 Å². The summed E-state index contributed by atoms with van der Waals surface area (Å²) in [5.74, 6) is 0.604. The van der Waals surface area contributed by atoms with E-state index in [1.807, 2.05) is 6.92 Å². The molecule has 1 aromatic rings. The van der Waals surface area contributed by atoms with Crippen LogP contribution in [0.2, 0.25) is 0 Å². The van der Waals surface area contributed by atoms with Crippen LogP contribution in [-0.4, -0.2) is 16.0 Å². The largest absolute Gasteiger partial charge is 0.353 e. The molecule has 1 aliphatic carbocycles. The SMILES string of the molecule is C=CCc1c(C)nc(NC2CCCC2)[nH]c1=O. The fourth-order valence-electron chi connectivity index (χ4n) is 2.33. The van der Waals surface area contributed by atoms with Gasteiger partial charge in [-0.3, -0.25) is 9.78 Å². The first-order valence-electron chi connectivity index (χ1n) is 6.18. The Labute approximate surface area is 101 Å². The molecule has 1 saturated carbocycles. The lowest BCUT2D eigenvalue weighted by molar-refractivity contribution is 0.740. The smallest absolute Gasteiger partial charge is 0.256 e. The molecule has 0 saturated heterocycles. The standard InChI is InChI=1S/C13H19N3O/c1-3-6-11-9(2)14-13(16-12(11)17)15-10-7-4-5-8-10/h3,10H,1,4-8H2,2H3,(H2,14,15,16,17). The van der Waals surface area contributed by atoms with Gasteiger partial charge in [-0.05, 0) is 26.2 Å². The van der Waals surface area contributed by atoms with Crippen molar-refractivity contribution in [2.24, 2.45) is 0 Å². The third-order valence-electron chi connectivity index (χ3n) is 3.27. The molecule has 1 heterocycles. The number of aryl methyl sites for hydroxylation is 1. The van der Waals surface area contributed by atoms with E-state index in [4.69, 9.17) is 0 Å². The Hall–Kier alpha value is -1.58. The number of hydrogen-bond acceptors (Lipinski definition) is 3. The van der Waals surface area contributed by atoms with E-state index in [2.05, 4.69) is 21.9 Å². The average Bonchev–Trinajstić information content (AvgIpc) is 2.76. The zero-order valence-corrected chi connectivity index (χ0v) is 10.3. The highest BCUT2D eigenvalue weighted by atomic mass is 16.1. The highest BCUT2D eigenvalue weighted by Gasteiger charge is 2.16. The molecule has 0 aromatic carbocycles. The Balaban J connectivity index is 2.19. The second-order valence-electron chi connectivity index (χ2n) is 4.60. The highest BCUT2D eigenvalue weighted by Crippen LogP contribution is 2.20. The van der Waals surface area contributed by atoms with Crippen molar-refractivity contribution in [2.45, 2.75) is 45.1 Å². The zero-order chi connectivity index (χ0) is 12.3. The van der Waals surface area contributed by atoms with E-state index >= 15 is 0 Å². The Morgan fingerprint density at radius 2 is 2.24 bits per heavy atom. The predicted octanol–water partition coefficient (Wildman–Crippen LogP) is 2.16. The first-order valence-corrected chi connectivity index (χ1v) is 6.18. The summed E-state index contributed by atoms with van der Waals surface area (Å²) in [6.07, 6.45) is 7.14. The lowest BCUT2D eigenvalue weighted by Crippen LogP contribution is -2.23. The third-order valence-corrected chi connectivity index (χ3v) is 3.27. The van der Waals surface area contributed by atoms with Crippen molar-refractivity contribution in [3.63, 3.8) is 0 Å². The van der Waals surface area contributed by atoms with Crippen molar-refractivity contribution in [2.75, 3.05) is 5.32 Å². The normalized spacial score (nSPS) is 16.1. The van der Waals surface area contributed by atoms with Crippen LogP contribution < -0.4 is 10.9 Å². The second-order valence-corrected chi connectivity index (χ2v) is 4.60. The summed E-state index contributed by atoms with van der Waals surface area (Å²) in [7, 11) is 0. The average molecular weight is 233 g/mol. The van der Waals surface area contributed by atoms with Gasteiger partial charge in [0.1, 0.15) is 0 Å². The number of nitrogens with zero attached hydrogens (tertiary/aromatic N) is 1. The molecular formula is C13H19N3O. The molecule has 17 heavy (non-hydrogen) atoms. The molecule has 2 rings (SSSR count). The minimum absolute atomic E-state index is 0.0575. The van der Waals surface area contributed by atoms with Gasteiger partial charge in [-0.15, -0.1) is 6.58 Å². The van der Waals surface area contributed by atoms with E-state index in [0.29, 0.717) is 24.0 Å². The number of rotatable bonds is 4. The molecule has 0 aliphatic heterocycles. The number of aromatic nitrogens is 2. The maximum absolute atomic E-state index is 11.8. The summed E-state index contributed by atoms with van der Waals surface area (Å²) < 4.78 is 0. The number of H-pyrrole nitrogens is 1. The van der Waals surface area contributed by atoms with E-state index in [1.165, 1.54) is 12.8 Å². The summed E-state index contributed by atoms with van der Waals surface area (Å²) in [4.78, 5) is 19.0. The number of allylic oxidation sites excluding steroid dienone is 1. The lowest BCUT2D eigenvalue weighted by atomic mass is 10.2. The van der Waals surface area contributed by atoms with Gasteiger partial charge in [-0.1, -0.05) is 18.9 Å². The molecule has 0 atom stereocenters. The molecule has 1 aromatic heterocycles. The van der Waals surface area contributed by atoms with Gasteiger partial charge in [0.2, 0.25) is 5.95 Å². The predicted molar refractivity (Wildman–Crippen MR) is 69.4 cm³/mol. The molecule has 4 nitrogen and oxygen atoms in total. The number of nitrogens with one attached hydrogen (secondary N) is 2. The fraction of sp³-hybridized carbons (Fsp3) is 0.538. The van der Waals surface area contributed by atoms with Crippen molar-refractivity contribution in [3.8, 4) is 0 Å². The van der Waals surface area contributed by atoms with E-state index in [0.717, 1.165) is 18.5 Å². The van der Waals surface area contributed by atoms with Gasteiger partial charge >= 0.3 is 0 Å². The van der Waals surface area contributed by atoms with E-state index in [-0.39, 0.29) is 5.56 Å². The van der Waals surface area contributed by atoms with Crippen molar-refractivity contribution >= 4 is 5.95 Å². The monoisotopic (exact) mass is 233 g/mol. The second kappa shape index (κ2) is 5.17. The minimum Gasteiger partial charge on any atom is -0.353 e. The van der Waals surface area contributed by atoms with Gasteiger partial charge in [0.05, 0.1) is 5.69 Å². The minimum atomic E-state index is -0.0575.